The van der Waals surface area contributed by atoms with E-state index < -0.39 is 0 Å². The Morgan fingerprint density at radius 2 is 2.04 bits per heavy atom. The number of pyridine rings is 1. The summed E-state index contributed by atoms with van der Waals surface area (Å²) in [6.07, 6.45) is 5.71. The summed E-state index contributed by atoms with van der Waals surface area (Å²) in [5.74, 6) is 0.989. The molecule has 1 aromatic carbocycles. The van der Waals surface area contributed by atoms with Gasteiger partial charge in [-0.05, 0) is 60.1 Å². The predicted molar refractivity (Wildman–Crippen MR) is 102 cm³/mol. The van der Waals surface area contributed by atoms with Crippen LogP contribution in [0.15, 0.2) is 59.4 Å². The Balaban J connectivity index is 1.35. The van der Waals surface area contributed by atoms with Crippen molar-refractivity contribution in [3.63, 3.8) is 0 Å². The molecule has 2 aromatic heterocycles. The van der Waals surface area contributed by atoms with Crippen molar-refractivity contribution in [3.05, 3.63) is 71.9 Å². The van der Waals surface area contributed by atoms with Crippen molar-refractivity contribution in [1.29, 1.82) is 0 Å². The molecule has 0 amide bonds. The van der Waals surface area contributed by atoms with E-state index in [1.54, 1.807) is 18.3 Å². The van der Waals surface area contributed by atoms with E-state index in [-0.39, 0.29) is 11.2 Å². The minimum Gasteiger partial charge on any atom is -0.356 e. The van der Waals surface area contributed by atoms with Gasteiger partial charge in [-0.15, -0.1) is 0 Å². The van der Waals surface area contributed by atoms with E-state index in [4.69, 9.17) is 4.52 Å². The predicted octanol–water partition coefficient (Wildman–Crippen LogP) is 4.62. The summed E-state index contributed by atoms with van der Waals surface area (Å²) < 4.78 is 18.5. The van der Waals surface area contributed by atoms with Crippen LogP contribution in [0.5, 0.6) is 0 Å². The molecule has 2 atom stereocenters. The zero-order chi connectivity index (χ0) is 18.9. The van der Waals surface area contributed by atoms with E-state index in [2.05, 4.69) is 35.4 Å². The lowest BCUT2D eigenvalue weighted by molar-refractivity contribution is 0.0125. The Bertz CT molecular complexity index is 889. The molecule has 0 unspecified atom stereocenters. The van der Waals surface area contributed by atoms with Crippen molar-refractivity contribution in [1.82, 2.24) is 15.5 Å². The van der Waals surface area contributed by atoms with Crippen molar-refractivity contribution in [2.24, 2.45) is 11.3 Å². The molecule has 5 heteroatoms. The number of aromatic nitrogens is 2. The molecule has 1 N–H and O–H groups in total. The molecule has 3 aromatic rings. The number of hydrogen-bond donors (Lipinski definition) is 1. The van der Waals surface area contributed by atoms with E-state index in [1.165, 1.54) is 17.7 Å². The Kier molecular flexibility index (Phi) is 4.79. The molecule has 0 saturated heterocycles. The first-order chi connectivity index (χ1) is 13.0. The molecule has 4 nitrogen and oxygen atoms in total. The quantitative estimate of drug-likeness (QED) is 0.692. The molecule has 140 valence electrons. The van der Waals surface area contributed by atoms with Gasteiger partial charge in [-0.25, -0.2) is 4.39 Å². The largest absolute Gasteiger partial charge is 0.356 e. The zero-order valence-electron chi connectivity index (χ0n) is 15.7. The number of benzene rings is 1. The number of nitrogens with one attached hydrogen (secondary N) is 1. The topological polar surface area (TPSA) is 51.0 Å². The molecule has 1 fully saturated rings. The van der Waals surface area contributed by atoms with Crippen LogP contribution in [0.3, 0.4) is 0 Å². The maximum absolute atomic E-state index is 13.1. The molecule has 0 spiro atoms. The van der Waals surface area contributed by atoms with Gasteiger partial charge < -0.3 is 9.84 Å². The average Bonchev–Trinajstić information content (AvgIpc) is 3.14. The maximum atomic E-state index is 13.1. The van der Waals surface area contributed by atoms with E-state index in [0.717, 1.165) is 30.6 Å². The van der Waals surface area contributed by atoms with Crippen molar-refractivity contribution in [3.8, 4) is 11.3 Å². The summed E-state index contributed by atoms with van der Waals surface area (Å²) >= 11 is 0. The fraction of sp³-hybridized carbons (Fsp3) is 0.364. The molecule has 2 heterocycles. The lowest BCUT2D eigenvalue weighted by Crippen LogP contribution is -2.57. The maximum Gasteiger partial charge on any atom is 0.167 e. The summed E-state index contributed by atoms with van der Waals surface area (Å²) in [5, 5.41) is 7.88. The van der Waals surface area contributed by atoms with E-state index in [0.29, 0.717) is 17.7 Å². The highest BCUT2D eigenvalue weighted by Gasteiger charge is 2.47. The summed E-state index contributed by atoms with van der Waals surface area (Å²) in [4.78, 5) is 4.17. The third-order valence-electron chi connectivity index (χ3n) is 5.89. The lowest BCUT2D eigenvalue weighted by Gasteiger charge is -2.52. The fourth-order valence-electron chi connectivity index (χ4n) is 3.86. The third kappa shape index (κ3) is 3.78. The Labute approximate surface area is 158 Å². The molecule has 27 heavy (non-hydrogen) atoms. The molecule has 1 aliphatic rings. The molecule has 1 saturated carbocycles. The van der Waals surface area contributed by atoms with Gasteiger partial charge in [0.15, 0.2) is 5.76 Å². The SMILES string of the molecule is CC1(C)[C@H](Cc2cc(-c3ccc(F)cc3)on2)C[C@@H]1NCc1cccnc1. The van der Waals surface area contributed by atoms with Gasteiger partial charge in [-0.3, -0.25) is 4.98 Å². The van der Waals surface area contributed by atoms with Crippen LogP contribution in [-0.2, 0) is 13.0 Å². The summed E-state index contributed by atoms with van der Waals surface area (Å²) in [5.41, 5.74) is 3.20. The van der Waals surface area contributed by atoms with E-state index >= 15 is 0 Å². The zero-order valence-corrected chi connectivity index (χ0v) is 15.7. The second kappa shape index (κ2) is 7.24. The first-order valence-electron chi connectivity index (χ1n) is 9.36. The fourth-order valence-corrected chi connectivity index (χ4v) is 3.86. The van der Waals surface area contributed by atoms with Gasteiger partial charge in [-0.2, -0.15) is 0 Å². The third-order valence-corrected chi connectivity index (χ3v) is 5.89. The highest BCUT2D eigenvalue weighted by atomic mass is 19.1. The monoisotopic (exact) mass is 365 g/mol. The number of halogens is 1. The first-order valence-corrected chi connectivity index (χ1v) is 9.36. The second-order valence-corrected chi connectivity index (χ2v) is 7.94. The van der Waals surface area contributed by atoms with Gasteiger partial charge in [0.25, 0.3) is 0 Å². The van der Waals surface area contributed by atoms with Gasteiger partial charge in [0.2, 0.25) is 0 Å². The van der Waals surface area contributed by atoms with Gasteiger partial charge in [0.1, 0.15) is 5.82 Å². The van der Waals surface area contributed by atoms with Crippen molar-refractivity contribution in [2.75, 3.05) is 0 Å². The summed E-state index contributed by atoms with van der Waals surface area (Å²) in [6, 6.07) is 12.8. The molecule has 0 bridgehead atoms. The van der Waals surface area contributed by atoms with Crippen LogP contribution in [0, 0.1) is 17.2 Å². The van der Waals surface area contributed by atoms with Gasteiger partial charge in [0, 0.05) is 36.6 Å². The normalized spacial score (nSPS) is 21.0. The van der Waals surface area contributed by atoms with Crippen LogP contribution < -0.4 is 5.32 Å². The van der Waals surface area contributed by atoms with Crippen LogP contribution in [0.4, 0.5) is 4.39 Å². The standard InChI is InChI=1S/C22H24FN3O/c1-22(2)17(11-21(22)25-14-15-4-3-9-24-13-15)10-19-12-20(27-26-19)16-5-7-18(23)8-6-16/h3-9,12-13,17,21,25H,10-11,14H2,1-2H3/t17-,21+/m1/s1. The molecule has 1 aliphatic carbocycles. The van der Waals surface area contributed by atoms with Gasteiger partial charge in [0.05, 0.1) is 5.69 Å². The van der Waals surface area contributed by atoms with Gasteiger partial charge >= 0.3 is 0 Å². The second-order valence-electron chi connectivity index (χ2n) is 7.94. The van der Waals surface area contributed by atoms with Crippen LogP contribution >= 0.6 is 0 Å². The van der Waals surface area contributed by atoms with Crippen molar-refractivity contribution in [2.45, 2.75) is 39.3 Å². The minimum atomic E-state index is -0.250. The molecular formula is C22H24FN3O. The minimum absolute atomic E-state index is 0.192. The van der Waals surface area contributed by atoms with Crippen LogP contribution in [0.1, 0.15) is 31.5 Å². The van der Waals surface area contributed by atoms with Crippen LogP contribution in [0.25, 0.3) is 11.3 Å². The van der Waals surface area contributed by atoms with Crippen molar-refractivity contribution < 1.29 is 8.91 Å². The number of hydrogen-bond acceptors (Lipinski definition) is 4. The number of nitrogens with zero attached hydrogens (tertiary/aromatic N) is 2. The Morgan fingerprint density at radius 1 is 1.22 bits per heavy atom. The van der Waals surface area contributed by atoms with Crippen molar-refractivity contribution >= 4 is 0 Å². The van der Waals surface area contributed by atoms with E-state index in [9.17, 15) is 4.39 Å². The molecular weight excluding hydrogens is 341 g/mol. The summed E-state index contributed by atoms with van der Waals surface area (Å²) in [7, 11) is 0. The Hall–Kier alpha value is -2.53. The summed E-state index contributed by atoms with van der Waals surface area (Å²) in [6.45, 7) is 5.46. The highest BCUT2D eigenvalue weighted by molar-refractivity contribution is 5.57. The van der Waals surface area contributed by atoms with Crippen LogP contribution in [0.2, 0.25) is 0 Å². The Morgan fingerprint density at radius 3 is 2.74 bits per heavy atom. The molecule has 0 aliphatic heterocycles. The number of rotatable bonds is 6. The van der Waals surface area contributed by atoms with E-state index in [1.807, 2.05) is 18.3 Å². The highest BCUT2D eigenvalue weighted by Crippen LogP contribution is 2.48. The van der Waals surface area contributed by atoms with Crippen LogP contribution in [-0.4, -0.2) is 16.2 Å². The molecule has 4 rings (SSSR count). The first kappa shape index (κ1) is 17.9. The molecule has 0 radical (unpaired) electrons. The smallest absolute Gasteiger partial charge is 0.167 e. The average molecular weight is 365 g/mol. The lowest BCUT2D eigenvalue weighted by atomic mass is 9.57. The van der Waals surface area contributed by atoms with Gasteiger partial charge in [-0.1, -0.05) is 25.1 Å².